The Bertz CT molecular complexity index is 214. The lowest BCUT2D eigenvalue weighted by atomic mass is 10.6. The molecule has 0 bridgehead atoms. The molecule has 1 rings (SSSR count). The van der Waals surface area contributed by atoms with Gasteiger partial charge in [-0.2, -0.15) is 0 Å². The van der Waals surface area contributed by atoms with Crippen LogP contribution in [-0.2, 0) is 0 Å². The first-order valence-electron chi connectivity index (χ1n) is 2.95. The molecule has 0 saturated heterocycles. The van der Waals surface area contributed by atoms with Gasteiger partial charge in [-0.05, 0) is 0 Å². The molecular formula is C6H9NO3S. The highest BCUT2D eigenvalue weighted by Gasteiger charge is 2.14. The summed E-state index contributed by atoms with van der Waals surface area (Å²) in [6.45, 7) is 0. The Morgan fingerprint density at radius 3 is 2.27 bits per heavy atom. The second-order valence-electron chi connectivity index (χ2n) is 1.72. The summed E-state index contributed by atoms with van der Waals surface area (Å²) in [7, 11) is 4.65. The lowest BCUT2D eigenvalue weighted by Gasteiger charge is -2.00. The van der Waals surface area contributed by atoms with E-state index in [1.165, 1.54) is 18.6 Å². The van der Waals surface area contributed by atoms with Crippen LogP contribution in [-0.4, -0.2) is 25.7 Å². The van der Waals surface area contributed by atoms with Crippen molar-refractivity contribution in [2.24, 2.45) is 0 Å². The molecule has 0 fully saturated rings. The molecule has 0 aliphatic heterocycles. The summed E-state index contributed by atoms with van der Waals surface area (Å²) in [5.41, 5.74) is 0. The van der Waals surface area contributed by atoms with Gasteiger partial charge in [-0.3, -0.25) is 0 Å². The zero-order valence-electron chi connectivity index (χ0n) is 6.58. The van der Waals surface area contributed by atoms with Gasteiger partial charge >= 0.3 is 0 Å². The van der Waals surface area contributed by atoms with Crippen LogP contribution in [0.15, 0.2) is 0 Å². The first-order valence-corrected chi connectivity index (χ1v) is 3.72. The summed E-state index contributed by atoms with van der Waals surface area (Å²) in [5, 5.41) is 0.629. The SMILES string of the molecule is COc1nsc(OC)c1OC. The summed E-state index contributed by atoms with van der Waals surface area (Å²) >= 11 is 1.20. The number of hydrogen-bond acceptors (Lipinski definition) is 5. The minimum Gasteiger partial charge on any atom is -0.488 e. The summed E-state index contributed by atoms with van der Waals surface area (Å²) < 4.78 is 18.8. The van der Waals surface area contributed by atoms with E-state index in [4.69, 9.17) is 14.2 Å². The molecule has 1 heterocycles. The van der Waals surface area contributed by atoms with Crippen LogP contribution in [0.5, 0.6) is 16.7 Å². The summed E-state index contributed by atoms with van der Waals surface area (Å²) in [6, 6.07) is 0. The molecule has 0 radical (unpaired) electrons. The van der Waals surface area contributed by atoms with Gasteiger partial charge in [0.05, 0.1) is 21.3 Å². The van der Waals surface area contributed by atoms with E-state index in [0.29, 0.717) is 16.7 Å². The van der Waals surface area contributed by atoms with Gasteiger partial charge in [0, 0.05) is 11.5 Å². The first-order chi connectivity index (χ1) is 5.33. The zero-order chi connectivity index (χ0) is 8.27. The van der Waals surface area contributed by atoms with Gasteiger partial charge in [-0.15, -0.1) is 4.37 Å². The highest BCUT2D eigenvalue weighted by molar-refractivity contribution is 7.08. The van der Waals surface area contributed by atoms with Crippen molar-refractivity contribution in [1.29, 1.82) is 0 Å². The molecular weight excluding hydrogens is 166 g/mol. The molecule has 4 nitrogen and oxygen atoms in total. The van der Waals surface area contributed by atoms with Crippen molar-refractivity contribution in [2.45, 2.75) is 0 Å². The summed E-state index contributed by atoms with van der Waals surface area (Å²) in [6.07, 6.45) is 0. The molecule has 0 unspecified atom stereocenters. The van der Waals surface area contributed by atoms with Crippen LogP contribution in [0.2, 0.25) is 0 Å². The van der Waals surface area contributed by atoms with Gasteiger partial charge in [0.25, 0.3) is 5.88 Å². The lowest BCUT2D eigenvalue weighted by molar-refractivity contribution is 0.328. The van der Waals surface area contributed by atoms with Gasteiger partial charge in [0.15, 0.2) is 0 Å². The minimum atomic E-state index is 0.467. The topological polar surface area (TPSA) is 40.6 Å². The number of hydrogen-bond donors (Lipinski definition) is 0. The Morgan fingerprint density at radius 1 is 1.09 bits per heavy atom. The van der Waals surface area contributed by atoms with Crippen molar-refractivity contribution in [1.82, 2.24) is 4.37 Å². The normalized spacial score (nSPS) is 9.36. The minimum absolute atomic E-state index is 0.467. The van der Waals surface area contributed by atoms with E-state index in [1.807, 2.05) is 0 Å². The molecule has 0 saturated carbocycles. The highest BCUT2D eigenvalue weighted by atomic mass is 32.1. The lowest BCUT2D eigenvalue weighted by Crippen LogP contribution is -1.89. The average molecular weight is 175 g/mol. The van der Waals surface area contributed by atoms with Crippen LogP contribution in [0.25, 0.3) is 0 Å². The molecule has 0 amide bonds. The average Bonchev–Trinajstić information content (AvgIpc) is 2.45. The van der Waals surface area contributed by atoms with Crippen molar-refractivity contribution in [3.8, 4) is 16.7 Å². The van der Waals surface area contributed by atoms with E-state index in [0.717, 1.165) is 0 Å². The predicted octanol–water partition coefficient (Wildman–Crippen LogP) is 1.17. The molecule has 62 valence electrons. The fourth-order valence-electron chi connectivity index (χ4n) is 0.684. The van der Waals surface area contributed by atoms with Crippen molar-refractivity contribution < 1.29 is 14.2 Å². The van der Waals surface area contributed by atoms with Crippen molar-refractivity contribution in [2.75, 3.05) is 21.3 Å². The molecule has 0 atom stereocenters. The van der Waals surface area contributed by atoms with E-state index < -0.39 is 0 Å². The molecule has 0 spiro atoms. The van der Waals surface area contributed by atoms with E-state index in [2.05, 4.69) is 4.37 Å². The fourth-order valence-corrected chi connectivity index (χ4v) is 1.34. The van der Waals surface area contributed by atoms with Crippen LogP contribution in [0.1, 0.15) is 0 Å². The standard InChI is InChI=1S/C6H9NO3S/c1-8-4-5(9-2)7-11-6(4)10-3/h1-3H3. The molecule has 0 aliphatic carbocycles. The Kier molecular flexibility index (Phi) is 2.53. The van der Waals surface area contributed by atoms with Crippen LogP contribution >= 0.6 is 11.5 Å². The third-order valence-electron chi connectivity index (χ3n) is 1.17. The quantitative estimate of drug-likeness (QED) is 0.691. The maximum Gasteiger partial charge on any atom is 0.272 e. The van der Waals surface area contributed by atoms with Crippen molar-refractivity contribution in [3.05, 3.63) is 0 Å². The van der Waals surface area contributed by atoms with Crippen molar-refractivity contribution >= 4 is 11.5 Å². The third-order valence-corrected chi connectivity index (χ3v) is 1.95. The molecule has 0 aliphatic rings. The van der Waals surface area contributed by atoms with Gasteiger partial charge in [0.2, 0.25) is 10.8 Å². The highest BCUT2D eigenvalue weighted by Crippen LogP contribution is 2.39. The molecule has 0 aromatic carbocycles. The van der Waals surface area contributed by atoms with E-state index >= 15 is 0 Å². The Labute approximate surface area is 68.9 Å². The van der Waals surface area contributed by atoms with E-state index in [1.54, 1.807) is 14.2 Å². The molecule has 1 aromatic heterocycles. The van der Waals surface area contributed by atoms with Gasteiger partial charge in [-0.25, -0.2) is 0 Å². The number of methoxy groups -OCH3 is 3. The van der Waals surface area contributed by atoms with Crippen LogP contribution in [0.3, 0.4) is 0 Å². The smallest absolute Gasteiger partial charge is 0.272 e. The maximum absolute atomic E-state index is 5.00. The predicted molar refractivity (Wildman–Crippen MR) is 41.8 cm³/mol. The zero-order valence-corrected chi connectivity index (χ0v) is 7.40. The monoisotopic (exact) mass is 175 g/mol. The Balaban J connectivity index is 2.99. The molecule has 0 N–H and O–H groups in total. The van der Waals surface area contributed by atoms with Gasteiger partial charge < -0.3 is 14.2 Å². The third kappa shape index (κ3) is 1.37. The molecule has 5 heteroatoms. The summed E-state index contributed by atoms with van der Waals surface area (Å²) in [5.74, 6) is 1.02. The maximum atomic E-state index is 5.00. The van der Waals surface area contributed by atoms with Crippen LogP contribution < -0.4 is 14.2 Å². The van der Waals surface area contributed by atoms with Gasteiger partial charge in [0.1, 0.15) is 0 Å². The Morgan fingerprint density at radius 2 is 1.82 bits per heavy atom. The molecule has 11 heavy (non-hydrogen) atoms. The number of nitrogens with zero attached hydrogens (tertiary/aromatic N) is 1. The largest absolute Gasteiger partial charge is 0.488 e. The van der Waals surface area contributed by atoms with Crippen LogP contribution in [0.4, 0.5) is 0 Å². The van der Waals surface area contributed by atoms with E-state index in [9.17, 15) is 0 Å². The molecule has 1 aromatic rings. The summed E-state index contributed by atoms with van der Waals surface area (Å²) in [4.78, 5) is 0. The second-order valence-corrected chi connectivity index (χ2v) is 2.45. The van der Waals surface area contributed by atoms with E-state index in [-0.39, 0.29) is 0 Å². The van der Waals surface area contributed by atoms with Crippen LogP contribution in [0, 0.1) is 0 Å². The number of ether oxygens (including phenoxy) is 3. The van der Waals surface area contributed by atoms with Crippen molar-refractivity contribution in [3.63, 3.8) is 0 Å². The number of aromatic nitrogens is 1. The second kappa shape index (κ2) is 3.43. The fraction of sp³-hybridized carbons (Fsp3) is 0.500. The Hall–Kier alpha value is -0.970. The first kappa shape index (κ1) is 8.13. The van der Waals surface area contributed by atoms with Gasteiger partial charge in [-0.1, -0.05) is 0 Å². The number of rotatable bonds is 3.